The maximum atomic E-state index is 12.7. The Kier molecular flexibility index (Phi) is 5.64. The quantitative estimate of drug-likeness (QED) is 0.762. The van der Waals surface area contributed by atoms with Gasteiger partial charge in [-0.2, -0.15) is 0 Å². The van der Waals surface area contributed by atoms with Gasteiger partial charge in [-0.15, -0.1) is 0 Å². The summed E-state index contributed by atoms with van der Waals surface area (Å²) < 4.78 is 10.6. The molecule has 0 spiro atoms. The summed E-state index contributed by atoms with van der Waals surface area (Å²) in [6.45, 7) is 2.38. The largest absolute Gasteiger partial charge is 0.493 e. The average molecular weight is 368 g/mol. The van der Waals surface area contributed by atoms with Crippen LogP contribution in [0.4, 0.5) is 4.79 Å². The zero-order valence-electron chi connectivity index (χ0n) is 15.8. The maximum Gasteiger partial charge on any atom is 0.325 e. The molecule has 0 radical (unpaired) electrons. The number of urea groups is 1. The smallest absolute Gasteiger partial charge is 0.325 e. The molecule has 2 aromatic carbocycles. The van der Waals surface area contributed by atoms with Gasteiger partial charge in [-0.3, -0.25) is 9.69 Å². The van der Waals surface area contributed by atoms with E-state index in [0.29, 0.717) is 24.5 Å². The van der Waals surface area contributed by atoms with Gasteiger partial charge in [0.2, 0.25) is 0 Å². The summed E-state index contributed by atoms with van der Waals surface area (Å²) in [6.07, 6.45) is 0.716. The SMILES string of the molecule is COc1ccc(C[C@H](C)CN2C(=O)N[C@H](c3ccccc3)C2=O)cc1OC. The summed E-state index contributed by atoms with van der Waals surface area (Å²) in [6, 6.07) is 14.1. The second-order valence-corrected chi connectivity index (χ2v) is 6.74. The molecular formula is C21H24N2O4. The lowest BCUT2D eigenvalue weighted by molar-refractivity contribution is -0.128. The summed E-state index contributed by atoms with van der Waals surface area (Å²) in [5.74, 6) is 1.24. The van der Waals surface area contributed by atoms with E-state index in [0.717, 1.165) is 11.1 Å². The van der Waals surface area contributed by atoms with Crippen molar-refractivity contribution >= 4 is 11.9 Å². The van der Waals surface area contributed by atoms with Crippen LogP contribution in [-0.2, 0) is 11.2 Å². The number of rotatable bonds is 7. The van der Waals surface area contributed by atoms with Crippen molar-refractivity contribution in [2.75, 3.05) is 20.8 Å². The van der Waals surface area contributed by atoms with Crippen molar-refractivity contribution < 1.29 is 19.1 Å². The molecule has 1 heterocycles. The molecule has 1 aliphatic rings. The Morgan fingerprint density at radius 3 is 2.41 bits per heavy atom. The molecule has 6 heteroatoms. The normalized spacial score (nSPS) is 17.6. The first-order valence-corrected chi connectivity index (χ1v) is 8.91. The van der Waals surface area contributed by atoms with Crippen molar-refractivity contribution in [1.29, 1.82) is 0 Å². The van der Waals surface area contributed by atoms with E-state index >= 15 is 0 Å². The first kappa shape index (κ1) is 18.8. The highest BCUT2D eigenvalue weighted by Crippen LogP contribution is 2.29. The van der Waals surface area contributed by atoms with Crippen LogP contribution in [-0.4, -0.2) is 37.6 Å². The predicted octanol–water partition coefficient (Wildman–Crippen LogP) is 3.18. The lowest BCUT2D eigenvalue weighted by Crippen LogP contribution is -2.35. The molecule has 2 aromatic rings. The number of nitrogens with zero attached hydrogens (tertiary/aromatic N) is 1. The highest BCUT2D eigenvalue weighted by molar-refractivity contribution is 6.04. The number of nitrogens with one attached hydrogen (secondary N) is 1. The van der Waals surface area contributed by atoms with Crippen LogP contribution in [0.25, 0.3) is 0 Å². The number of methoxy groups -OCH3 is 2. The van der Waals surface area contributed by atoms with Crippen LogP contribution in [0.1, 0.15) is 24.1 Å². The molecule has 3 rings (SSSR count). The molecule has 142 valence electrons. The number of carbonyl (C=O) groups is 2. The van der Waals surface area contributed by atoms with Crippen molar-refractivity contribution in [2.45, 2.75) is 19.4 Å². The van der Waals surface area contributed by atoms with Gasteiger partial charge < -0.3 is 14.8 Å². The van der Waals surface area contributed by atoms with Crippen molar-refractivity contribution in [3.63, 3.8) is 0 Å². The standard InChI is InChI=1S/C21H24N2O4/c1-14(11-15-9-10-17(26-2)18(12-15)27-3)13-23-20(24)19(22-21(23)25)16-7-5-4-6-8-16/h4-10,12,14,19H,11,13H2,1-3H3,(H,22,25)/t14-,19+/m0/s1. The highest BCUT2D eigenvalue weighted by Gasteiger charge is 2.39. The van der Waals surface area contributed by atoms with Crippen molar-refractivity contribution in [3.8, 4) is 11.5 Å². The van der Waals surface area contributed by atoms with Gasteiger partial charge in [-0.1, -0.05) is 43.3 Å². The molecule has 1 N–H and O–H groups in total. The van der Waals surface area contributed by atoms with Crippen LogP contribution < -0.4 is 14.8 Å². The Labute approximate surface area is 159 Å². The highest BCUT2D eigenvalue weighted by atomic mass is 16.5. The Morgan fingerprint density at radius 2 is 1.74 bits per heavy atom. The average Bonchev–Trinajstić information content (AvgIpc) is 2.96. The van der Waals surface area contributed by atoms with Crippen LogP contribution in [0.2, 0.25) is 0 Å². The summed E-state index contributed by atoms with van der Waals surface area (Å²) >= 11 is 0. The number of amides is 3. The number of hydrogen-bond acceptors (Lipinski definition) is 4. The van der Waals surface area contributed by atoms with Crippen molar-refractivity contribution in [2.24, 2.45) is 5.92 Å². The van der Waals surface area contributed by atoms with Gasteiger partial charge in [0, 0.05) is 6.54 Å². The van der Waals surface area contributed by atoms with Gasteiger partial charge in [0.05, 0.1) is 14.2 Å². The van der Waals surface area contributed by atoms with Crippen LogP contribution in [0.15, 0.2) is 48.5 Å². The van der Waals surface area contributed by atoms with Crippen LogP contribution in [0.5, 0.6) is 11.5 Å². The summed E-state index contributed by atoms with van der Waals surface area (Å²) in [5.41, 5.74) is 1.86. The van der Waals surface area contributed by atoms with Crippen LogP contribution in [0.3, 0.4) is 0 Å². The second-order valence-electron chi connectivity index (χ2n) is 6.74. The minimum atomic E-state index is -0.605. The summed E-state index contributed by atoms with van der Waals surface area (Å²) in [7, 11) is 3.20. The van der Waals surface area contributed by atoms with E-state index in [2.05, 4.69) is 5.32 Å². The molecule has 0 bridgehead atoms. The monoisotopic (exact) mass is 368 g/mol. The predicted molar refractivity (Wildman–Crippen MR) is 102 cm³/mol. The Bertz CT molecular complexity index is 822. The summed E-state index contributed by atoms with van der Waals surface area (Å²) in [5, 5.41) is 2.77. The zero-order chi connectivity index (χ0) is 19.4. The molecule has 1 aliphatic heterocycles. The molecule has 0 saturated carbocycles. The fraction of sp³-hybridized carbons (Fsp3) is 0.333. The molecule has 27 heavy (non-hydrogen) atoms. The molecule has 0 aromatic heterocycles. The van der Waals surface area contributed by atoms with E-state index < -0.39 is 6.04 Å². The summed E-state index contributed by atoms with van der Waals surface area (Å²) in [4.78, 5) is 26.3. The lowest BCUT2D eigenvalue weighted by Gasteiger charge is -2.19. The molecule has 0 aliphatic carbocycles. The van der Waals surface area contributed by atoms with E-state index in [1.165, 1.54) is 4.90 Å². The van der Waals surface area contributed by atoms with Gasteiger partial charge in [0.15, 0.2) is 11.5 Å². The number of ether oxygens (including phenoxy) is 2. The molecule has 3 amide bonds. The third kappa shape index (κ3) is 4.05. The van der Waals surface area contributed by atoms with Gasteiger partial charge in [0.1, 0.15) is 6.04 Å². The molecule has 2 atom stereocenters. The Balaban J connectivity index is 1.66. The third-order valence-electron chi connectivity index (χ3n) is 4.69. The van der Waals surface area contributed by atoms with E-state index in [9.17, 15) is 9.59 Å². The van der Waals surface area contributed by atoms with Gasteiger partial charge >= 0.3 is 6.03 Å². The van der Waals surface area contributed by atoms with Gasteiger partial charge in [0.25, 0.3) is 5.91 Å². The van der Waals surface area contributed by atoms with Gasteiger partial charge in [-0.05, 0) is 35.6 Å². The molecule has 6 nitrogen and oxygen atoms in total. The molecular weight excluding hydrogens is 344 g/mol. The second kappa shape index (κ2) is 8.12. The molecule has 1 fully saturated rings. The topological polar surface area (TPSA) is 67.9 Å². The fourth-order valence-corrected chi connectivity index (χ4v) is 3.35. The van der Waals surface area contributed by atoms with Crippen molar-refractivity contribution in [1.82, 2.24) is 10.2 Å². The Morgan fingerprint density at radius 1 is 1.04 bits per heavy atom. The minimum Gasteiger partial charge on any atom is -0.493 e. The Hall–Kier alpha value is -3.02. The fourth-order valence-electron chi connectivity index (χ4n) is 3.35. The van der Waals surface area contributed by atoms with Crippen LogP contribution >= 0.6 is 0 Å². The van der Waals surface area contributed by atoms with E-state index in [1.54, 1.807) is 14.2 Å². The first-order chi connectivity index (χ1) is 13.0. The van der Waals surface area contributed by atoms with E-state index in [1.807, 2.05) is 55.5 Å². The molecule has 0 unspecified atom stereocenters. The van der Waals surface area contributed by atoms with E-state index in [4.69, 9.17) is 9.47 Å². The van der Waals surface area contributed by atoms with Crippen molar-refractivity contribution in [3.05, 3.63) is 59.7 Å². The molecule has 1 saturated heterocycles. The third-order valence-corrected chi connectivity index (χ3v) is 4.69. The maximum absolute atomic E-state index is 12.7. The number of carbonyl (C=O) groups excluding carboxylic acids is 2. The lowest BCUT2D eigenvalue weighted by atomic mass is 10.00. The first-order valence-electron chi connectivity index (χ1n) is 8.91. The zero-order valence-corrected chi connectivity index (χ0v) is 15.8. The van der Waals surface area contributed by atoms with E-state index in [-0.39, 0.29) is 17.9 Å². The minimum absolute atomic E-state index is 0.104. The number of imide groups is 1. The van der Waals surface area contributed by atoms with Gasteiger partial charge in [-0.25, -0.2) is 4.79 Å². The van der Waals surface area contributed by atoms with Crippen LogP contribution in [0, 0.1) is 5.92 Å². The number of hydrogen-bond donors (Lipinski definition) is 1. The number of benzene rings is 2.